The molecular formula is C13H23N3O. The fourth-order valence-electron chi connectivity index (χ4n) is 1.66. The van der Waals surface area contributed by atoms with Crippen molar-refractivity contribution in [1.29, 1.82) is 0 Å². The first kappa shape index (κ1) is 13.9. The van der Waals surface area contributed by atoms with Gasteiger partial charge in [-0.3, -0.25) is 0 Å². The summed E-state index contributed by atoms with van der Waals surface area (Å²) in [4.78, 5) is 8.37. The molecule has 0 aliphatic heterocycles. The van der Waals surface area contributed by atoms with E-state index in [4.69, 9.17) is 5.11 Å². The van der Waals surface area contributed by atoms with Crippen molar-refractivity contribution in [3.05, 3.63) is 18.1 Å². The zero-order valence-corrected chi connectivity index (χ0v) is 11.0. The maximum atomic E-state index is 8.84. The number of nitrogens with zero attached hydrogens (tertiary/aromatic N) is 2. The van der Waals surface area contributed by atoms with Gasteiger partial charge in [0.25, 0.3) is 0 Å². The van der Waals surface area contributed by atoms with E-state index in [9.17, 15) is 0 Å². The van der Waals surface area contributed by atoms with Crippen LogP contribution >= 0.6 is 0 Å². The van der Waals surface area contributed by atoms with E-state index in [1.807, 2.05) is 6.07 Å². The summed E-state index contributed by atoms with van der Waals surface area (Å²) in [5.41, 5.74) is 1.22. The maximum Gasteiger partial charge on any atom is 0.129 e. The van der Waals surface area contributed by atoms with Crippen LogP contribution in [0.25, 0.3) is 0 Å². The average molecular weight is 237 g/mol. The van der Waals surface area contributed by atoms with Gasteiger partial charge in [-0.2, -0.15) is 0 Å². The monoisotopic (exact) mass is 237 g/mol. The average Bonchev–Trinajstić information content (AvgIpc) is 2.34. The molecule has 0 aliphatic carbocycles. The Morgan fingerprint density at radius 2 is 2.12 bits per heavy atom. The summed E-state index contributed by atoms with van der Waals surface area (Å²) in [6.07, 6.45) is 4.37. The molecule has 1 heterocycles. The van der Waals surface area contributed by atoms with E-state index in [1.165, 1.54) is 0 Å². The van der Waals surface area contributed by atoms with Gasteiger partial charge in [-0.15, -0.1) is 0 Å². The van der Waals surface area contributed by atoms with E-state index in [0.29, 0.717) is 0 Å². The minimum Gasteiger partial charge on any atom is -0.396 e. The first-order valence-corrected chi connectivity index (χ1v) is 6.23. The molecule has 0 aromatic carbocycles. The van der Waals surface area contributed by atoms with Crippen LogP contribution in [-0.4, -0.2) is 28.2 Å². The van der Waals surface area contributed by atoms with Gasteiger partial charge in [0.2, 0.25) is 0 Å². The van der Waals surface area contributed by atoms with Gasteiger partial charge in [0.1, 0.15) is 12.1 Å². The lowest BCUT2D eigenvalue weighted by molar-refractivity contribution is 0.248. The van der Waals surface area contributed by atoms with Crippen molar-refractivity contribution < 1.29 is 5.11 Å². The lowest BCUT2D eigenvalue weighted by atomic mass is 9.88. The number of aromatic nitrogens is 2. The van der Waals surface area contributed by atoms with Gasteiger partial charge in [-0.25, -0.2) is 9.97 Å². The van der Waals surface area contributed by atoms with E-state index in [1.54, 1.807) is 6.33 Å². The summed E-state index contributed by atoms with van der Waals surface area (Å²) in [7, 11) is 0. The summed E-state index contributed by atoms with van der Waals surface area (Å²) >= 11 is 0. The van der Waals surface area contributed by atoms with Crippen molar-refractivity contribution in [2.75, 3.05) is 18.5 Å². The smallest absolute Gasteiger partial charge is 0.129 e. The fourth-order valence-corrected chi connectivity index (χ4v) is 1.66. The molecule has 17 heavy (non-hydrogen) atoms. The van der Waals surface area contributed by atoms with Gasteiger partial charge in [0.05, 0.1) is 0 Å². The first-order valence-electron chi connectivity index (χ1n) is 6.23. The molecule has 0 saturated heterocycles. The minimum absolute atomic E-state index is 0.167. The zero-order chi connectivity index (χ0) is 12.7. The van der Waals surface area contributed by atoms with E-state index in [2.05, 4.69) is 36.1 Å². The quantitative estimate of drug-likeness (QED) is 0.763. The molecule has 0 bridgehead atoms. The number of rotatable bonds is 7. The van der Waals surface area contributed by atoms with E-state index < -0.39 is 0 Å². The third-order valence-corrected chi connectivity index (χ3v) is 2.85. The van der Waals surface area contributed by atoms with Gasteiger partial charge < -0.3 is 10.4 Å². The molecule has 0 unspecified atom stereocenters. The highest BCUT2D eigenvalue weighted by atomic mass is 16.2. The molecular weight excluding hydrogens is 214 g/mol. The highest BCUT2D eigenvalue weighted by Gasteiger charge is 2.17. The van der Waals surface area contributed by atoms with Crippen LogP contribution in [0.2, 0.25) is 0 Å². The predicted molar refractivity (Wildman–Crippen MR) is 70.0 cm³/mol. The molecule has 1 rings (SSSR count). The van der Waals surface area contributed by atoms with Crippen LogP contribution in [0.4, 0.5) is 5.82 Å². The minimum atomic E-state index is 0.167. The number of hydrogen-bond donors (Lipinski definition) is 2. The van der Waals surface area contributed by atoms with Gasteiger partial charge in [0.15, 0.2) is 0 Å². The molecule has 0 saturated carbocycles. The number of aliphatic hydroxyl groups excluding tert-OH is 1. The Morgan fingerprint density at radius 1 is 1.35 bits per heavy atom. The highest BCUT2D eigenvalue weighted by molar-refractivity contribution is 5.34. The number of anilines is 1. The Hall–Kier alpha value is -1.16. The number of nitrogens with one attached hydrogen (secondary N) is 1. The second-order valence-electron chi connectivity index (χ2n) is 5.09. The SMILES string of the molecule is CCc1cc(NCC(C)(C)CCCO)ncn1. The molecule has 0 spiro atoms. The molecule has 96 valence electrons. The first-order chi connectivity index (χ1) is 8.07. The molecule has 1 aromatic rings. The Bertz CT molecular complexity index is 339. The standard InChI is InChI=1S/C13H23N3O/c1-4-11-8-12(16-10-15-11)14-9-13(2,3)6-5-7-17/h8,10,17H,4-7,9H2,1-3H3,(H,14,15,16). The van der Waals surface area contributed by atoms with Crippen molar-refractivity contribution in [3.8, 4) is 0 Å². The van der Waals surface area contributed by atoms with Crippen LogP contribution in [-0.2, 0) is 6.42 Å². The van der Waals surface area contributed by atoms with Crippen LogP contribution in [0.5, 0.6) is 0 Å². The van der Waals surface area contributed by atoms with Crippen molar-refractivity contribution in [3.63, 3.8) is 0 Å². The van der Waals surface area contributed by atoms with Gasteiger partial charge in [-0.1, -0.05) is 20.8 Å². The molecule has 4 heteroatoms. The lowest BCUT2D eigenvalue weighted by Crippen LogP contribution is -2.23. The van der Waals surface area contributed by atoms with Crippen LogP contribution in [0.15, 0.2) is 12.4 Å². The Kier molecular flexibility index (Phi) is 5.35. The highest BCUT2D eigenvalue weighted by Crippen LogP contribution is 2.22. The van der Waals surface area contributed by atoms with Crippen LogP contribution in [0.3, 0.4) is 0 Å². The second-order valence-corrected chi connectivity index (χ2v) is 5.09. The maximum absolute atomic E-state index is 8.84. The van der Waals surface area contributed by atoms with Crippen LogP contribution < -0.4 is 5.32 Å². The van der Waals surface area contributed by atoms with Crippen LogP contribution in [0, 0.1) is 5.41 Å². The third kappa shape index (κ3) is 5.13. The number of aliphatic hydroxyl groups is 1. The Labute approximate surface area is 103 Å². The number of hydrogen-bond acceptors (Lipinski definition) is 4. The normalized spacial score (nSPS) is 11.5. The third-order valence-electron chi connectivity index (χ3n) is 2.85. The topological polar surface area (TPSA) is 58.0 Å². The molecule has 0 amide bonds. The van der Waals surface area contributed by atoms with Crippen LogP contribution in [0.1, 0.15) is 39.3 Å². The Balaban J connectivity index is 2.48. The fraction of sp³-hybridized carbons (Fsp3) is 0.692. The van der Waals surface area contributed by atoms with Gasteiger partial charge in [0, 0.05) is 24.9 Å². The zero-order valence-electron chi connectivity index (χ0n) is 11.0. The molecule has 0 radical (unpaired) electrons. The second kappa shape index (κ2) is 6.55. The summed E-state index contributed by atoms with van der Waals surface area (Å²) < 4.78 is 0. The molecule has 0 atom stereocenters. The summed E-state index contributed by atoms with van der Waals surface area (Å²) in [6, 6.07) is 1.99. The molecule has 2 N–H and O–H groups in total. The molecule has 0 fully saturated rings. The van der Waals surface area contributed by atoms with Crippen molar-refractivity contribution in [2.45, 2.75) is 40.0 Å². The molecule has 0 aliphatic rings. The van der Waals surface area contributed by atoms with Gasteiger partial charge in [-0.05, 0) is 24.7 Å². The van der Waals surface area contributed by atoms with E-state index >= 15 is 0 Å². The lowest BCUT2D eigenvalue weighted by Gasteiger charge is -2.24. The van der Waals surface area contributed by atoms with Crippen molar-refractivity contribution in [1.82, 2.24) is 9.97 Å². The number of aryl methyl sites for hydroxylation is 1. The van der Waals surface area contributed by atoms with Gasteiger partial charge >= 0.3 is 0 Å². The summed E-state index contributed by atoms with van der Waals surface area (Å²) in [5, 5.41) is 12.2. The Morgan fingerprint density at radius 3 is 2.76 bits per heavy atom. The van der Waals surface area contributed by atoms with E-state index in [-0.39, 0.29) is 12.0 Å². The van der Waals surface area contributed by atoms with E-state index in [0.717, 1.165) is 37.3 Å². The molecule has 4 nitrogen and oxygen atoms in total. The van der Waals surface area contributed by atoms with Crippen molar-refractivity contribution >= 4 is 5.82 Å². The summed E-state index contributed by atoms with van der Waals surface area (Å²) in [5.74, 6) is 0.883. The predicted octanol–water partition coefficient (Wildman–Crippen LogP) is 2.25. The largest absolute Gasteiger partial charge is 0.396 e. The molecule has 1 aromatic heterocycles. The van der Waals surface area contributed by atoms with Crippen molar-refractivity contribution in [2.24, 2.45) is 5.41 Å². The summed E-state index contributed by atoms with van der Waals surface area (Å²) in [6.45, 7) is 7.58.